The van der Waals surface area contributed by atoms with Gasteiger partial charge < -0.3 is 0 Å². The summed E-state index contributed by atoms with van der Waals surface area (Å²) < 4.78 is 25.5. The zero-order chi connectivity index (χ0) is 21.7. The number of hydrogen-bond acceptors (Lipinski definition) is 4. The van der Waals surface area contributed by atoms with Crippen molar-refractivity contribution >= 4 is 39.1 Å². The molecule has 3 aromatic carbocycles. The fourth-order valence-corrected chi connectivity index (χ4v) is 5.00. The molecule has 1 N–H and O–H groups in total. The van der Waals surface area contributed by atoms with Gasteiger partial charge in [-0.2, -0.15) is 0 Å². The zero-order valence-corrected chi connectivity index (χ0v) is 17.7. The second-order valence-corrected chi connectivity index (χ2v) is 9.16. The maximum absolute atomic E-state index is 12.6. The first kappa shape index (κ1) is 20.7. The Kier molecular flexibility index (Phi) is 6.04. The summed E-state index contributed by atoms with van der Waals surface area (Å²) in [5.74, 6) is -0.0901. The third-order valence-electron chi connectivity index (χ3n) is 4.96. The quantitative estimate of drug-likeness (QED) is 0.469. The van der Waals surface area contributed by atoms with Crippen LogP contribution in [0.5, 0.6) is 0 Å². The first-order valence-electron chi connectivity index (χ1n) is 10.0. The lowest BCUT2D eigenvalue weighted by atomic mass is 10.2. The Balaban J connectivity index is 1.47. The number of sulfonamides is 1. The summed E-state index contributed by atoms with van der Waals surface area (Å²) in [5, 5.41) is 1.73. The first-order valence-corrected chi connectivity index (χ1v) is 11.6. The van der Waals surface area contributed by atoms with Crippen LogP contribution in [-0.4, -0.2) is 26.6 Å². The van der Waals surface area contributed by atoms with Crippen LogP contribution >= 0.6 is 0 Å². The largest absolute Gasteiger partial charge is 0.270 e. The Morgan fingerprint density at radius 3 is 1.97 bits per heavy atom. The van der Waals surface area contributed by atoms with E-state index in [1.165, 1.54) is 10.4 Å². The van der Waals surface area contributed by atoms with Crippen LogP contribution in [0.25, 0.3) is 6.08 Å². The summed E-state index contributed by atoms with van der Waals surface area (Å²) >= 11 is 0. The third-order valence-corrected chi connectivity index (χ3v) is 6.83. The van der Waals surface area contributed by atoms with Crippen LogP contribution in [0.15, 0.2) is 91.0 Å². The average Bonchev–Trinajstić information content (AvgIpc) is 3.16. The molecule has 0 bridgehead atoms. The molecule has 0 aliphatic carbocycles. The van der Waals surface area contributed by atoms with Crippen molar-refractivity contribution in [1.29, 1.82) is 0 Å². The Hall–Kier alpha value is -3.58. The smallest absolute Gasteiger partial charge is 0.262 e. The van der Waals surface area contributed by atoms with Crippen molar-refractivity contribution in [3.05, 3.63) is 96.6 Å². The van der Waals surface area contributed by atoms with Crippen molar-refractivity contribution in [2.45, 2.75) is 6.42 Å². The molecule has 0 spiro atoms. The monoisotopic (exact) mass is 433 g/mol. The number of para-hydroxylation sites is 2. The minimum absolute atomic E-state index is 0.189. The maximum atomic E-state index is 12.6. The SMILES string of the molecule is O=C(/C=C/c1ccc(N2CCCS2(=O)=O)cc1)NN(c1ccccc1)c1ccccc1. The van der Waals surface area contributed by atoms with Gasteiger partial charge in [0.05, 0.1) is 22.8 Å². The average molecular weight is 434 g/mol. The highest BCUT2D eigenvalue weighted by Gasteiger charge is 2.28. The van der Waals surface area contributed by atoms with E-state index in [4.69, 9.17) is 0 Å². The Morgan fingerprint density at radius 1 is 0.871 bits per heavy atom. The molecule has 1 heterocycles. The number of amides is 1. The predicted octanol–water partition coefficient (Wildman–Crippen LogP) is 4.11. The number of hydrogen-bond donors (Lipinski definition) is 1. The fraction of sp³-hybridized carbons (Fsp3) is 0.125. The van der Waals surface area contributed by atoms with Crippen molar-refractivity contribution < 1.29 is 13.2 Å². The van der Waals surface area contributed by atoms with E-state index in [0.717, 1.165) is 16.9 Å². The van der Waals surface area contributed by atoms with Crippen molar-refractivity contribution in [2.24, 2.45) is 0 Å². The molecule has 0 atom stereocenters. The molecule has 0 unspecified atom stereocenters. The maximum Gasteiger partial charge on any atom is 0.262 e. The van der Waals surface area contributed by atoms with Crippen molar-refractivity contribution in [3.63, 3.8) is 0 Å². The molecule has 1 amide bonds. The van der Waals surface area contributed by atoms with Gasteiger partial charge in [0.25, 0.3) is 5.91 Å². The molecule has 3 aromatic rings. The van der Waals surface area contributed by atoms with Gasteiger partial charge in [-0.15, -0.1) is 0 Å². The lowest BCUT2D eigenvalue weighted by Gasteiger charge is -2.24. The Labute approximate surface area is 182 Å². The molecule has 0 aromatic heterocycles. The van der Waals surface area contributed by atoms with E-state index < -0.39 is 10.0 Å². The van der Waals surface area contributed by atoms with E-state index in [9.17, 15) is 13.2 Å². The number of carbonyl (C=O) groups is 1. The van der Waals surface area contributed by atoms with Crippen LogP contribution < -0.4 is 14.7 Å². The molecule has 158 valence electrons. The number of hydrazine groups is 1. The Bertz CT molecular complexity index is 1120. The molecule has 7 heteroatoms. The van der Waals surface area contributed by atoms with Crippen molar-refractivity contribution in [3.8, 4) is 0 Å². The molecule has 1 saturated heterocycles. The van der Waals surface area contributed by atoms with Crippen LogP contribution in [0.4, 0.5) is 17.1 Å². The van der Waals surface area contributed by atoms with E-state index in [1.807, 2.05) is 60.7 Å². The summed E-state index contributed by atoms with van der Waals surface area (Å²) in [7, 11) is -3.20. The van der Waals surface area contributed by atoms with Crippen LogP contribution in [0.1, 0.15) is 12.0 Å². The highest BCUT2D eigenvalue weighted by molar-refractivity contribution is 7.93. The molecular weight excluding hydrogens is 410 g/mol. The van der Waals surface area contributed by atoms with E-state index >= 15 is 0 Å². The van der Waals surface area contributed by atoms with E-state index in [-0.39, 0.29) is 11.7 Å². The van der Waals surface area contributed by atoms with E-state index in [0.29, 0.717) is 18.7 Å². The van der Waals surface area contributed by atoms with E-state index in [2.05, 4.69) is 5.43 Å². The molecule has 0 saturated carbocycles. The minimum Gasteiger partial charge on any atom is -0.270 e. The molecule has 6 nitrogen and oxygen atoms in total. The van der Waals surface area contributed by atoms with E-state index in [1.54, 1.807) is 35.4 Å². The van der Waals surface area contributed by atoms with Gasteiger partial charge in [0.2, 0.25) is 10.0 Å². The summed E-state index contributed by atoms with van der Waals surface area (Å²) in [6, 6.07) is 26.3. The molecule has 31 heavy (non-hydrogen) atoms. The molecule has 0 radical (unpaired) electrons. The molecule has 1 aliphatic heterocycles. The van der Waals surface area contributed by atoms with Gasteiger partial charge in [0.1, 0.15) is 0 Å². The summed E-state index contributed by atoms with van der Waals surface area (Å²) in [5.41, 5.74) is 6.04. The minimum atomic E-state index is -3.20. The number of nitrogens with zero attached hydrogens (tertiary/aromatic N) is 2. The lowest BCUT2D eigenvalue weighted by molar-refractivity contribution is -0.116. The number of rotatable bonds is 6. The highest BCUT2D eigenvalue weighted by Crippen LogP contribution is 2.25. The Morgan fingerprint density at radius 2 is 1.45 bits per heavy atom. The molecule has 1 fully saturated rings. The standard InChI is InChI=1S/C24H23N3O3S/c28-24(25-27(22-8-3-1-4-9-22)23-10-5-2-6-11-23)17-14-20-12-15-21(16-13-20)26-18-7-19-31(26,29)30/h1-6,8-17H,7,18-19H2,(H,25,28)/b17-14+. The molecule has 1 aliphatic rings. The zero-order valence-electron chi connectivity index (χ0n) is 16.9. The van der Waals surface area contributed by atoms with Gasteiger partial charge in [0, 0.05) is 12.6 Å². The van der Waals surface area contributed by atoms with Gasteiger partial charge in [-0.1, -0.05) is 48.5 Å². The van der Waals surface area contributed by atoms with Crippen molar-refractivity contribution in [1.82, 2.24) is 5.43 Å². The predicted molar refractivity (Wildman–Crippen MR) is 124 cm³/mol. The third kappa shape index (κ3) is 4.95. The number of anilines is 3. The van der Waals surface area contributed by atoms with Crippen molar-refractivity contribution in [2.75, 3.05) is 21.6 Å². The van der Waals surface area contributed by atoms with Crippen LogP contribution in [0.3, 0.4) is 0 Å². The summed E-state index contributed by atoms with van der Waals surface area (Å²) in [4.78, 5) is 12.6. The fourth-order valence-electron chi connectivity index (χ4n) is 3.43. The topological polar surface area (TPSA) is 69.7 Å². The van der Waals surface area contributed by atoms with Gasteiger partial charge in [-0.3, -0.25) is 19.5 Å². The number of nitrogens with one attached hydrogen (secondary N) is 1. The number of carbonyl (C=O) groups excluding carboxylic acids is 1. The molecular formula is C24H23N3O3S. The summed E-state index contributed by atoms with van der Waals surface area (Å²) in [6.07, 6.45) is 3.80. The van der Waals surface area contributed by atoms with Gasteiger partial charge in [0.15, 0.2) is 0 Å². The summed E-state index contributed by atoms with van der Waals surface area (Å²) in [6.45, 7) is 0.509. The molecule has 4 rings (SSSR count). The number of benzene rings is 3. The highest BCUT2D eigenvalue weighted by atomic mass is 32.2. The normalized spacial score (nSPS) is 15.2. The second kappa shape index (κ2) is 9.06. The van der Waals surface area contributed by atoms with Gasteiger partial charge >= 0.3 is 0 Å². The first-order chi connectivity index (χ1) is 15.0. The second-order valence-electron chi connectivity index (χ2n) is 7.15. The van der Waals surface area contributed by atoms with Crippen LogP contribution in [0.2, 0.25) is 0 Å². The van der Waals surface area contributed by atoms with Gasteiger partial charge in [-0.05, 0) is 54.5 Å². The van der Waals surface area contributed by atoms with Crippen LogP contribution in [-0.2, 0) is 14.8 Å². The van der Waals surface area contributed by atoms with Gasteiger partial charge in [-0.25, -0.2) is 8.42 Å². The van der Waals surface area contributed by atoms with Crippen LogP contribution in [0, 0.1) is 0 Å². The lowest BCUT2D eigenvalue weighted by Crippen LogP contribution is -2.37.